The first-order chi connectivity index (χ1) is 13.1. The Morgan fingerprint density at radius 2 is 1.93 bits per heavy atom. The van der Waals surface area contributed by atoms with Crippen molar-refractivity contribution in [3.05, 3.63) is 52.5 Å². The van der Waals surface area contributed by atoms with E-state index >= 15 is 0 Å². The minimum atomic E-state index is -0.493. The van der Waals surface area contributed by atoms with Crippen LogP contribution in [0.1, 0.15) is 22.8 Å². The molecule has 0 radical (unpaired) electrons. The molecule has 1 heterocycles. The first kappa shape index (κ1) is 19.3. The van der Waals surface area contributed by atoms with Crippen molar-refractivity contribution < 1.29 is 28.5 Å². The van der Waals surface area contributed by atoms with E-state index < -0.39 is 5.97 Å². The van der Waals surface area contributed by atoms with Gasteiger partial charge in [0.05, 0.1) is 25.3 Å². The molecular weight excluding hydrogens is 372 g/mol. The second kappa shape index (κ2) is 8.97. The second-order valence-electron chi connectivity index (χ2n) is 5.90. The van der Waals surface area contributed by atoms with Crippen molar-refractivity contribution in [2.24, 2.45) is 0 Å². The van der Waals surface area contributed by atoms with Crippen molar-refractivity contribution in [1.29, 1.82) is 0 Å². The molecule has 0 bridgehead atoms. The van der Waals surface area contributed by atoms with Crippen LogP contribution in [-0.4, -0.2) is 39.0 Å². The number of ether oxygens (including phenoxy) is 5. The number of hydrogen-bond acceptors (Lipinski definition) is 6. The van der Waals surface area contributed by atoms with Crippen LogP contribution in [-0.2, 0) is 16.1 Å². The van der Waals surface area contributed by atoms with Gasteiger partial charge in [0.25, 0.3) is 0 Å². The van der Waals surface area contributed by atoms with Crippen LogP contribution in [0, 0.1) is 0 Å². The molecule has 144 valence electrons. The standard InChI is InChI=1S/C20H21ClO6/c1-3-24-20(22)16-8-17(21)19(9-18(16)27-12-15-11-25-15)26-10-13-4-6-14(23-2)7-5-13/h4-9,15H,3,10-12H2,1-2H3/t15-/m0/s1. The maximum absolute atomic E-state index is 12.2. The van der Waals surface area contributed by atoms with E-state index in [0.29, 0.717) is 36.3 Å². The molecule has 0 aliphatic carbocycles. The first-order valence-electron chi connectivity index (χ1n) is 8.61. The number of esters is 1. The third-order valence-corrected chi connectivity index (χ3v) is 4.21. The Balaban J connectivity index is 1.76. The van der Waals surface area contributed by atoms with E-state index in [1.54, 1.807) is 20.1 Å². The van der Waals surface area contributed by atoms with E-state index in [4.69, 9.17) is 35.3 Å². The summed E-state index contributed by atoms with van der Waals surface area (Å²) >= 11 is 6.30. The summed E-state index contributed by atoms with van der Waals surface area (Å²) in [5.41, 5.74) is 1.22. The minimum absolute atomic E-state index is 0.0550. The van der Waals surface area contributed by atoms with Gasteiger partial charge in [0.1, 0.15) is 42.1 Å². The first-order valence-corrected chi connectivity index (χ1v) is 8.99. The molecule has 0 saturated carbocycles. The van der Waals surface area contributed by atoms with E-state index in [9.17, 15) is 4.79 Å². The Labute approximate surface area is 162 Å². The molecule has 0 amide bonds. The summed E-state index contributed by atoms with van der Waals surface area (Å²) in [5.74, 6) is 1.06. The molecule has 1 aliphatic rings. The molecule has 3 rings (SSSR count). The number of carbonyl (C=O) groups is 1. The van der Waals surface area contributed by atoms with Gasteiger partial charge in [-0.3, -0.25) is 0 Å². The molecule has 0 spiro atoms. The second-order valence-corrected chi connectivity index (χ2v) is 6.31. The number of epoxide rings is 1. The highest BCUT2D eigenvalue weighted by Gasteiger charge is 2.25. The van der Waals surface area contributed by atoms with E-state index in [-0.39, 0.29) is 18.3 Å². The number of benzene rings is 2. The molecule has 0 N–H and O–H groups in total. The Kier molecular flexibility index (Phi) is 6.42. The van der Waals surface area contributed by atoms with Crippen molar-refractivity contribution in [2.45, 2.75) is 19.6 Å². The molecule has 27 heavy (non-hydrogen) atoms. The molecule has 2 aromatic carbocycles. The monoisotopic (exact) mass is 392 g/mol. The lowest BCUT2D eigenvalue weighted by Crippen LogP contribution is -2.11. The van der Waals surface area contributed by atoms with Crippen LogP contribution in [0.2, 0.25) is 5.02 Å². The molecule has 1 fully saturated rings. The summed E-state index contributed by atoms with van der Waals surface area (Å²) in [6.45, 7) is 3.32. The van der Waals surface area contributed by atoms with Gasteiger partial charge in [-0.05, 0) is 30.7 Å². The predicted molar refractivity (Wildman–Crippen MR) is 100.0 cm³/mol. The highest BCUT2D eigenvalue weighted by atomic mass is 35.5. The lowest BCUT2D eigenvalue weighted by Gasteiger charge is -2.14. The van der Waals surface area contributed by atoms with Crippen LogP contribution in [0.3, 0.4) is 0 Å². The molecule has 0 unspecified atom stereocenters. The SMILES string of the molecule is CCOC(=O)c1cc(Cl)c(OCc2ccc(OC)cc2)cc1OC[C@@H]1CO1. The van der Waals surface area contributed by atoms with E-state index in [2.05, 4.69) is 0 Å². The average Bonchev–Trinajstić information content (AvgIpc) is 3.51. The summed E-state index contributed by atoms with van der Waals surface area (Å²) in [7, 11) is 1.62. The lowest BCUT2D eigenvalue weighted by molar-refractivity contribution is 0.0521. The fourth-order valence-electron chi connectivity index (χ4n) is 2.36. The van der Waals surface area contributed by atoms with Gasteiger partial charge >= 0.3 is 5.97 Å². The van der Waals surface area contributed by atoms with Gasteiger partial charge in [-0.15, -0.1) is 0 Å². The number of rotatable bonds is 9. The summed E-state index contributed by atoms with van der Waals surface area (Å²) in [4.78, 5) is 12.2. The number of methoxy groups -OCH3 is 1. The van der Waals surface area contributed by atoms with Crippen molar-refractivity contribution >= 4 is 17.6 Å². The fraction of sp³-hybridized carbons (Fsp3) is 0.350. The van der Waals surface area contributed by atoms with Crippen LogP contribution in [0.25, 0.3) is 0 Å². The zero-order valence-electron chi connectivity index (χ0n) is 15.2. The van der Waals surface area contributed by atoms with Crippen LogP contribution in [0.15, 0.2) is 36.4 Å². The lowest BCUT2D eigenvalue weighted by atomic mass is 10.2. The molecule has 1 atom stereocenters. The zero-order valence-corrected chi connectivity index (χ0v) is 16.0. The summed E-state index contributed by atoms with van der Waals surface area (Å²) < 4.78 is 26.9. The van der Waals surface area contributed by atoms with Crippen molar-refractivity contribution in [1.82, 2.24) is 0 Å². The Morgan fingerprint density at radius 3 is 2.56 bits per heavy atom. The summed E-state index contributed by atoms with van der Waals surface area (Å²) in [6.07, 6.45) is 0.0550. The van der Waals surface area contributed by atoms with Gasteiger partial charge < -0.3 is 23.7 Å². The third-order valence-electron chi connectivity index (χ3n) is 3.91. The van der Waals surface area contributed by atoms with Crippen LogP contribution < -0.4 is 14.2 Å². The molecule has 2 aromatic rings. The Hall–Kier alpha value is -2.44. The number of halogens is 1. The smallest absolute Gasteiger partial charge is 0.341 e. The van der Waals surface area contributed by atoms with E-state index in [0.717, 1.165) is 11.3 Å². The van der Waals surface area contributed by atoms with E-state index in [1.807, 2.05) is 24.3 Å². The fourth-order valence-corrected chi connectivity index (χ4v) is 2.58. The van der Waals surface area contributed by atoms with Crippen LogP contribution >= 0.6 is 11.6 Å². The van der Waals surface area contributed by atoms with Crippen LogP contribution in [0.4, 0.5) is 0 Å². The van der Waals surface area contributed by atoms with E-state index in [1.165, 1.54) is 6.07 Å². The van der Waals surface area contributed by atoms with Crippen molar-refractivity contribution in [2.75, 3.05) is 26.9 Å². The molecule has 6 nitrogen and oxygen atoms in total. The maximum atomic E-state index is 12.2. The Bertz CT molecular complexity index is 786. The van der Waals surface area contributed by atoms with Crippen molar-refractivity contribution in [3.8, 4) is 17.2 Å². The predicted octanol–water partition coefficient (Wildman–Crippen LogP) is 3.88. The number of hydrogen-bond donors (Lipinski definition) is 0. The number of carbonyl (C=O) groups excluding carboxylic acids is 1. The molecule has 0 aromatic heterocycles. The molecule has 1 saturated heterocycles. The largest absolute Gasteiger partial charge is 0.497 e. The van der Waals surface area contributed by atoms with Crippen LogP contribution in [0.5, 0.6) is 17.2 Å². The summed E-state index contributed by atoms with van der Waals surface area (Å²) in [6, 6.07) is 10.6. The average molecular weight is 393 g/mol. The van der Waals surface area contributed by atoms with Gasteiger partial charge in [0, 0.05) is 6.07 Å². The third kappa shape index (κ3) is 5.28. The molecular formula is C20H21ClO6. The highest BCUT2D eigenvalue weighted by molar-refractivity contribution is 6.32. The molecule has 7 heteroatoms. The van der Waals surface area contributed by atoms with Gasteiger partial charge in [-0.1, -0.05) is 23.7 Å². The highest BCUT2D eigenvalue weighted by Crippen LogP contribution is 2.34. The molecule has 1 aliphatic heterocycles. The minimum Gasteiger partial charge on any atom is -0.497 e. The van der Waals surface area contributed by atoms with Gasteiger partial charge in [-0.25, -0.2) is 4.79 Å². The van der Waals surface area contributed by atoms with Gasteiger partial charge in [-0.2, -0.15) is 0 Å². The van der Waals surface area contributed by atoms with Gasteiger partial charge in [0.2, 0.25) is 0 Å². The Morgan fingerprint density at radius 1 is 1.19 bits per heavy atom. The van der Waals surface area contributed by atoms with Gasteiger partial charge in [0.15, 0.2) is 0 Å². The summed E-state index contributed by atoms with van der Waals surface area (Å²) in [5, 5.41) is 0.307. The maximum Gasteiger partial charge on any atom is 0.341 e. The van der Waals surface area contributed by atoms with Crippen molar-refractivity contribution in [3.63, 3.8) is 0 Å². The topological polar surface area (TPSA) is 66.5 Å². The quantitative estimate of drug-likeness (QED) is 0.476. The zero-order chi connectivity index (χ0) is 19.2. The normalized spacial score (nSPS) is 15.1.